The highest BCUT2D eigenvalue weighted by Gasteiger charge is 2.15. The van der Waals surface area contributed by atoms with Crippen LogP contribution in [0.25, 0.3) is 0 Å². The van der Waals surface area contributed by atoms with Gasteiger partial charge in [-0.15, -0.1) is 0 Å². The number of aliphatic hydroxyl groups excluding tert-OH is 1. The zero-order valence-corrected chi connectivity index (χ0v) is 13.8. The summed E-state index contributed by atoms with van der Waals surface area (Å²) in [5.74, 6) is -1.72. The molecule has 0 saturated carbocycles. The van der Waals surface area contributed by atoms with Crippen molar-refractivity contribution in [2.75, 3.05) is 25.1 Å². The van der Waals surface area contributed by atoms with Gasteiger partial charge in [0.15, 0.2) is 0 Å². The summed E-state index contributed by atoms with van der Waals surface area (Å²) in [6, 6.07) is 10.1. The molecule has 2 rings (SSSR count). The fraction of sp³-hybridized carbons (Fsp3) is 0.278. The molecule has 1 unspecified atom stereocenters. The Morgan fingerprint density at radius 1 is 1.16 bits per heavy atom. The first-order chi connectivity index (χ1) is 12.0. The predicted molar refractivity (Wildman–Crippen MR) is 90.3 cm³/mol. The molecule has 7 heteroatoms. The number of carbonyl (C=O) groups excluding carboxylic acids is 1. The number of hydrogen-bond donors (Lipinski definition) is 3. The van der Waals surface area contributed by atoms with Crippen molar-refractivity contribution in [3.63, 3.8) is 0 Å². The van der Waals surface area contributed by atoms with E-state index >= 15 is 0 Å². The fourth-order valence-electron chi connectivity index (χ4n) is 2.21. The van der Waals surface area contributed by atoms with Gasteiger partial charge in [-0.05, 0) is 24.6 Å². The van der Waals surface area contributed by atoms with E-state index in [9.17, 15) is 13.6 Å². The summed E-state index contributed by atoms with van der Waals surface area (Å²) in [5, 5.41) is 13.6. The van der Waals surface area contributed by atoms with Gasteiger partial charge in [-0.2, -0.15) is 0 Å². The minimum atomic E-state index is -0.859. The van der Waals surface area contributed by atoms with Crippen LogP contribution in [0.5, 0.6) is 0 Å². The van der Waals surface area contributed by atoms with Gasteiger partial charge in [0, 0.05) is 6.54 Å². The Labute approximate surface area is 144 Å². The third kappa shape index (κ3) is 5.51. The maximum Gasteiger partial charge on any atom is 0.319 e. The summed E-state index contributed by atoms with van der Waals surface area (Å²) in [6.45, 7) is 1.96. The number of aryl methyl sites for hydroxylation is 1. The molecule has 1 atom stereocenters. The molecule has 3 N–H and O–H groups in total. The van der Waals surface area contributed by atoms with E-state index in [0.29, 0.717) is 0 Å². The van der Waals surface area contributed by atoms with E-state index < -0.39 is 29.5 Å². The molecule has 2 amide bonds. The normalized spacial score (nSPS) is 11.8. The van der Waals surface area contributed by atoms with Gasteiger partial charge in [0.25, 0.3) is 0 Å². The van der Waals surface area contributed by atoms with Gasteiger partial charge in [-0.25, -0.2) is 13.6 Å². The van der Waals surface area contributed by atoms with E-state index in [1.807, 2.05) is 31.2 Å². The van der Waals surface area contributed by atoms with Gasteiger partial charge in [-0.3, -0.25) is 0 Å². The molecule has 0 radical (unpaired) electrons. The molecular weight excluding hydrogens is 330 g/mol. The number of aliphatic hydroxyl groups is 1. The van der Waals surface area contributed by atoms with Crippen LogP contribution in [0.15, 0.2) is 42.5 Å². The quantitative estimate of drug-likeness (QED) is 0.718. The molecule has 0 aliphatic rings. The van der Waals surface area contributed by atoms with Crippen LogP contribution in [0.1, 0.15) is 17.2 Å². The number of amides is 2. The topological polar surface area (TPSA) is 70.6 Å². The molecule has 0 aliphatic carbocycles. The molecule has 0 spiro atoms. The third-order valence-electron chi connectivity index (χ3n) is 3.51. The van der Waals surface area contributed by atoms with Crippen LogP contribution < -0.4 is 10.6 Å². The van der Waals surface area contributed by atoms with E-state index in [0.717, 1.165) is 23.3 Å². The average molecular weight is 350 g/mol. The van der Waals surface area contributed by atoms with Gasteiger partial charge >= 0.3 is 6.03 Å². The number of urea groups is 1. The van der Waals surface area contributed by atoms with Crippen LogP contribution in [-0.4, -0.2) is 30.9 Å². The number of benzene rings is 2. The van der Waals surface area contributed by atoms with E-state index in [1.165, 1.54) is 6.07 Å². The lowest BCUT2D eigenvalue weighted by Crippen LogP contribution is -2.34. The highest BCUT2D eigenvalue weighted by molar-refractivity contribution is 5.89. The molecule has 2 aromatic rings. The van der Waals surface area contributed by atoms with Crippen LogP contribution in [0.3, 0.4) is 0 Å². The first-order valence-corrected chi connectivity index (χ1v) is 7.79. The lowest BCUT2D eigenvalue weighted by molar-refractivity contribution is 0.0297. The Balaban J connectivity index is 1.99. The number of para-hydroxylation sites is 1. The molecule has 0 heterocycles. The van der Waals surface area contributed by atoms with Gasteiger partial charge in [0.2, 0.25) is 0 Å². The van der Waals surface area contributed by atoms with Crippen LogP contribution >= 0.6 is 0 Å². The van der Waals surface area contributed by atoms with E-state index in [4.69, 9.17) is 9.84 Å². The second-order valence-corrected chi connectivity index (χ2v) is 5.43. The Bertz CT molecular complexity index is 688. The zero-order chi connectivity index (χ0) is 18.2. The summed E-state index contributed by atoms with van der Waals surface area (Å²) in [4.78, 5) is 11.9. The van der Waals surface area contributed by atoms with Gasteiger partial charge in [-0.1, -0.05) is 35.9 Å². The maximum absolute atomic E-state index is 13.5. The fourth-order valence-corrected chi connectivity index (χ4v) is 2.21. The molecule has 134 valence electrons. The number of hydrogen-bond acceptors (Lipinski definition) is 3. The van der Waals surface area contributed by atoms with Crippen molar-refractivity contribution < 1.29 is 23.4 Å². The second kappa shape index (κ2) is 9.10. The first-order valence-electron chi connectivity index (χ1n) is 7.79. The molecule has 0 aliphatic heterocycles. The Morgan fingerprint density at radius 2 is 1.80 bits per heavy atom. The summed E-state index contributed by atoms with van der Waals surface area (Å²) in [5.41, 5.74) is 1.38. The van der Waals surface area contributed by atoms with Crippen molar-refractivity contribution in [1.82, 2.24) is 5.32 Å². The molecule has 0 bridgehead atoms. The maximum atomic E-state index is 13.5. The average Bonchev–Trinajstić information content (AvgIpc) is 2.59. The van der Waals surface area contributed by atoms with Crippen molar-refractivity contribution in [1.29, 1.82) is 0 Å². The minimum Gasteiger partial charge on any atom is -0.394 e. The molecule has 0 saturated heterocycles. The van der Waals surface area contributed by atoms with Crippen molar-refractivity contribution >= 4 is 11.7 Å². The molecular formula is C18H20F2N2O3. The molecule has 0 aromatic heterocycles. The van der Waals surface area contributed by atoms with E-state index in [1.54, 1.807) is 0 Å². The highest BCUT2D eigenvalue weighted by atomic mass is 19.1. The smallest absolute Gasteiger partial charge is 0.319 e. The lowest BCUT2D eigenvalue weighted by atomic mass is 10.1. The van der Waals surface area contributed by atoms with Crippen molar-refractivity contribution in [2.24, 2.45) is 0 Å². The van der Waals surface area contributed by atoms with Crippen LogP contribution in [0, 0.1) is 18.6 Å². The number of carbonyl (C=O) groups is 1. The summed E-state index contributed by atoms with van der Waals surface area (Å²) in [7, 11) is 0. The second-order valence-electron chi connectivity index (χ2n) is 5.43. The number of halogens is 2. The minimum absolute atomic E-state index is 0.0744. The van der Waals surface area contributed by atoms with Crippen LogP contribution in [0.4, 0.5) is 19.3 Å². The van der Waals surface area contributed by atoms with E-state index in [-0.39, 0.29) is 19.8 Å². The lowest BCUT2D eigenvalue weighted by Gasteiger charge is -2.19. The molecule has 25 heavy (non-hydrogen) atoms. The largest absolute Gasteiger partial charge is 0.394 e. The summed E-state index contributed by atoms with van der Waals surface area (Å²) < 4.78 is 32.6. The SMILES string of the molecule is Cc1ccc(C(CNC(=O)Nc2c(F)cccc2F)OCCO)cc1. The van der Waals surface area contributed by atoms with Crippen molar-refractivity contribution in [2.45, 2.75) is 13.0 Å². The molecule has 5 nitrogen and oxygen atoms in total. The van der Waals surface area contributed by atoms with Gasteiger partial charge < -0.3 is 20.5 Å². The van der Waals surface area contributed by atoms with Gasteiger partial charge in [0.1, 0.15) is 17.3 Å². The van der Waals surface area contributed by atoms with Gasteiger partial charge in [0.05, 0.1) is 19.3 Å². The summed E-state index contributed by atoms with van der Waals surface area (Å²) in [6.07, 6.45) is -0.496. The number of nitrogens with one attached hydrogen (secondary N) is 2. The monoisotopic (exact) mass is 350 g/mol. The number of rotatable bonds is 7. The van der Waals surface area contributed by atoms with E-state index in [2.05, 4.69) is 10.6 Å². The first kappa shape index (κ1) is 18.8. The van der Waals surface area contributed by atoms with Crippen molar-refractivity contribution in [3.8, 4) is 0 Å². The Morgan fingerprint density at radius 3 is 2.40 bits per heavy atom. The summed E-state index contributed by atoms with van der Waals surface area (Å²) >= 11 is 0. The molecule has 0 fully saturated rings. The zero-order valence-electron chi connectivity index (χ0n) is 13.8. The standard InChI is InChI=1S/C18H20F2N2O3/c1-12-5-7-13(8-6-12)16(25-10-9-23)11-21-18(24)22-17-14(19)3-2-4-15(17)20/h2-8,16,23H,9-11H2,1H3,(H2,21,22,24). The predicted octanol–water partition coefficient (Wildman–Crippen LogP) is 3.14. The third-order valence-corrected chi connectivity index (χ3v) is 3.51. The number of anilines is 1. The Hall–Kier alpha value is -2.51. The van der Waals surface area contributed by atoms with Crippen molar-refractivity contribution in [3.05, 3.63) is 65.2 Å². The molecule has 2 aromatic carbocycles. The van der Waals surface area contributed by atoms with Crippen LogP contribution in [-0.2, 0) is 4.74 Å². The number of ether oxygens (including phenoxy) is 1. The highest BCUT2D eigenvalue weighted by Crippen LogP contribution is 2.19. The van der Waals surface area contributed by atoms with Crippen LogP contribution in [0.2, 0.25) is 0 Å². The Kier molecular flexibility index (Phi) is 6.85.